The molecule has 2 saturated heterocycles. The largest absolute Gasteiger partial charge is 0.480 e. The number of hydrogen-bond donors (Lipinski definition) is 4. The van der Waals surface area contributed by atoms with Crippen LogP contribution in [0.2, 0.25) is 0 Å². The lowest BCUT2D eigenvalue weighted by Gasteiger charge is -2.28. The fourth-order valence-electron chi connectivity index (χ4n) is 5.30. The van der Waals surface area contributed by atoms with Crippen molar-refractivity contribution in [3.8, 4) is 0 Å². The van der Waals surface area contributed by atoms with E-state index in [0.717, 1.165) is 40.5 Å². The number of carboxylic acids is 1. The Kier molecular flexibility index (Phi) is 10.3. The molecule has 0 saturated carbocycles. The predicted molar refractivity (Wildman–Crippen MR) is 155 cm³/mol. The average Bonchev–Trinajstić information content (AvgIpc) is 3.62. The van der Waals surface area contributed by atoms with Gasteiger partial charge < -0.3 is 26.0 Å². The molecule has 2 aliphatic heterocycles. The van der Waals surface area contributed by atoms with Crippen molar-refractivity contribution in [3.63, 3.8) is 0 Å². The molecule has 2 heterocycles. The minimum Gasteiger partial charge on any atom is -0.480 e. The van der Waals surface area contributed by atoms with E-state index in [-0.39, 0.29) is 30.7 Å². The molecule has 4 atom stereocenters. The summed E-state index contributed by atoms with van der Waals surface area (Å²) >= 11 is 2.18. The molecule has 9 nitrogen and oxygen atoms in total. The van der Waals surface area contributed by atoms with Gasteiger partial charge in [0.1, 0.15) is 12.1 Å². The zero-order chi connectivity index (χ0) is 27.8. The number of nitrogens with zero attached hydrogens (tertiary/aromatic N) is 1. The fraction of sp³-hybridized carbons (Fsp3) is 0.448. The van der Waals surface area contributed by atoms with Crippen LogP contribution in [0.3, 0.4) is 0 Å². The van der Waals surface area contributed by atoms with Crippen LogP contribution in [0.4, 0.5) is 0 Å². The van der Waals surface area contributed by atoms with Crippen LogP contribution in [0.5, 0.6) is 0 Å². The number of likely N-dealkylation sites (tertiary alicyclic amines) is 1. The first-order valence-electron chi connectivity index (χ1n) is 13.4. The molecule has 4 unspecified atom stereocenters. The topological polar surface area (TPSA) is 128 Å². The molecule has 4 rings (SSSR count). The molecule has 3 amide bonds. The van der Waals surface area contributed by atoms with E-state index < -0.39 is 30.0 Å². The van der Waals surface area contributed by atoms with Crippen LogP contribution in [0, 0.1) is 3.57 Å². The van der Waals surface area contributed by atoms with Crippen LogP contribution in [0.15, 0.2) is 54.6 Å². The van der Waals surface area contributed by atoms with Gasteiger partial charge in [-0.25, -0.2) is 4.79 Å². The molecule has 4 N–H and O–H groups in total. The molecule has 0 bridgehead atoms. The highest BCUT2D eigenvalue weighted by Gasteiger charge is 2.38. The first-order valence-corrected chi connectivity index (χ1v) is 14.5. The van der Waals surface area contributed by atoms with Crippen LogP contribution in [0.1, 0.15) is 43.2 Å². The van der Waals surface area contributed by atoms with Crippen molar-refractivity contribution in [2.45, 2.75) is 69.1 Å². The lowest BCUT2D eigenvalue weighted by atomic mass is 10.0. The van der Waals surface area contributed by atoms with Gasteiger partial charge >= 0.3 is 5.97 Å². The van der Waals surface area contributed by atoms with Gasteiger partial charge in [-0.15, -0.1) is 0 Å². The lowest BCUT2D eigenvalue weighted by molar-refractivity contribution is -0.142. The summed E-state index contributed by atoms with van der Waals surface area (Å²) in [4.78, 5) is 53.1. The third kappa shape index (κ3) is 8.25. The molecule has 0 aromatic heterocycles. The van der Waals surface area contributed by atoms with Gasteiger partial charge in [-0.05, 0) is 84.5 Å². The van der Waals surface area contributed by atoms with Gasteiger partial charge in [0.05, 0.1) is 6.04 Å². The molecule has 208 valence electrons. The highest BCUT2D eigenvalue weighted by Crippen LogP contribution is 2.21. The summed E-state index contributed by atoms with van der Waals surface area (Å²) in [5.41, 5.74) is 1.75. The molecule has 0 radical (unpaired) electrons. The number of benzene rings is 2. The summed E-state index contributed by atoms with van der Waals surface area (Å²) in [6.07, 6.45) is 3.51. The summed E-state index contributed by atoms with van der Waals surface area (Å²) in [5, 5.41) is 18.6. The minimum absolute atomic E-state index is 0.0394. The van der Waals surface area contributed by atoms with Crippen LogP contribution in [-0.2, 0) is 32.0 Å². The van der Waals surface area contributed by atoms with E-state index >= 15 is 0 Å². The Morgan fingerprint density at radius 1 is 0.949 bits per heavy atom. The van der Waals surface area contributed by atoms with Crippen molar-refractivity contribution < 1.29 is 24.3 Å². The Balaban J connectivity index is 1.42. The second kappa shape index (κ2) is 13.9. The maximum Gasteiger partial charge on any atom is 0.326 e. The predicted octanol–water partition coefficient (Wildman–Crippen LogP) is 2.26. The van der Waals surface area contributed by atoms with Crippen LogP contribution < -0.4 is 16.0 Å². The Labute approximate surface area is 242 Å². The number of hydrogen-bond acceptors (Lipinski definition) is 5. The van der Waals surface area contributed by atoms with E-state index in [2.05, 4.69) is 38.5 Å². The van der Waals surface area contributed by atoms with E-state index in [1.165, 1.54) is 0 Å². The molecule has 0 spiro atoms. The van der Waals surface area contributed by atoms with Gasteiger partial charge in [-0.3, -0.25) is 14.4 Å². The van der Waals surface area contributed by atoms with Crippen LogP contribution >= 0.6 is 22.6 Å². The molecular formula is C29H35IN4O5. The number of carbonyl (C=O) groups excluding carboxylic acids is 3. The first kappa shape index (κ1) is 29.0. The van der Waals surface area contributed by atoms with E-state index in [0.29, 0.717) is 19.4 Å². The third-order valence-electron chi connectivity index (χ3n) is 7.29. The number of halogens is 1. The van der Waals surface area contributed by atoms with E-state index in [9.17, 15) is 24.3 Å². The monoisotopic (exact) mass is 646 g/mol. The summed E-state index contributed by atoms with van der Waals surface area (Å²) in [7, 11) is 0. The van der Waals surface area contributed by atoms with E-state index in [1.807, 2.05) is 54.6 Å². The van der Waals surface area contributed by atoms with Gasteiger partial charge in [-0.2, -0.15) is 0 Å². The Morgan fingerprint density at radius 2 is 1.67 bits per heavy atom. The van der Waals surface area contributed by atoms with E-state index in [1.54, 1.807) is 4.90 Å². The van der Waals surface area contributed by atoms with Crippen molar-refractivity contribution in [3.05, 3.63) is 69.3 Å². The molecule has 2 aromatic rings. The quantitative estimate of drug-likeness (QED) is 0.278. The van der Waals surface area contributed by atoms with Gasteiger partial charge in [0, 0.05) is 29.0 Å². The summed E-state index contributed by atoms with van der Waals surface area (Å²) in [6.45, 7) is 1.34. The highest BCUT2D eigenvalue weighted by atomic mass is 127. The number of amides is 3. The normalized spacial score (nSPS) is 20.3. The second-order valence-electron chi connectivity index (χ2n) is 10.2. The van der Waals surface area contributed by atoms with Gasteiger partial charge in [0.2, 0.25) is 17.7 Å². The SMILES string of the molecule is O=C(CC(Cc1ccccc1)NC(=O)C1CCCN1C(=O)C1CCCN1)NC(Cc1ccc(I)cc1)C(=O)O. The van der Waals surface area contributed by atoms with Gasteiger partial charge in [-0.1, -0.05) is 42.5 Å². The number of carboxylic acid groups (broad SMARTS) is 1. The molecule has 2 aromatic carbocycles. The van der Waals surface area contributed by atoms with Crippen molar-refractivity contribution in [2.24, 2.45) is 0 Å². The summed E-state index contributed by atoms with van der Waals surface area (Å²) in [6, 6.07) is 14.5. The fourth-order valence-corrected chi connectivity index (χ4v) is 5.66. The van der Waals surface area contributed by atoms with E-state index in [4.69, 9.17) is 0 Å². The maximum absolute atomic E-state index is 13.4. The average molecular weight is 647 g/mol. The van der Waals surface area contributed by atoms with Crippen molar-refractivity contribution in [1.29, 1.82) is 0 Å². The number of rotatable bonds is 11. The lowest BCUT2D eigenvalue weighted by Crippen LogP contribution is -2.53. The van der Waals surface area contributed by atoms with Crippen molar-refractivity contribution >= 4 is 46.3 Å². The number of nitrogens with one attached hydrogen (secondary N) is 3. The first-order chi connectivity index (χ1) is 18.8. The zero-order valence-electron chi connectivity index (χ0n) is 21.8. The molecule has 2 aliphatic rings. The summed E-state index contributed by atoms with van der Waals surface area (Å²) in [5.74, 6) is -1.89. The molecule has 2 fully saturated rings. The third-order valence-corrected chi connectivity index (χ3v) is 8.01. The molecule has 10 heteroatoms. The Bertz CT molecular complexity index is 1150. The summed E-state index contributed by atoms with van der Waals surface area (Å²) < 4.78 is 1.04. The van der Waals surface area contributed by atoms with Gasteiger partial charge in [0.25, 0.3) is 0 Å². The Hall–Kier alpha value is -2.99. The second-order valence-corrected chi connectivity index (χ2v) is 11.5. The zero-order valence-corrected chi connectivity index (χ0v) is 23.9. The molecule has 39 heavy (non-hydrogen) atoms. The maximum atomic E-state index is 13.4. The number of aliphatic carboxylic acids is 1. The van der Waals surface area contributed by atoms with Gasteiger partial charge in [0.15, 0.2) is 0 Å². The molecule has 0 aliphatic carbocycles. The Morgan fingerprint density at radius 3 is 2.33 bits per heavy atom. The van der Waals surface area contributed by atoms with Crippen molar-refractivity contribution in [1.82, 2.24) is 20.9 Å². The smallest absolute Gasteiger partial charge is 0.326 e. The minimum atomic E-state index is -1.12. The standard InChI is InChI=1S/C29H35IN4O5/c30-21-12-10-20(11-13-21)17-24(29(38)39)33-26(35)18-22(16-19-6-2-1-3-7-19)32-27(36)25-9-5-15-34(25)28(37)23-8-4-14-31-23/h1-3,6-7,10-13,22-25,31H,4-5,8-9,14-18H2,(H,32,36)(H,33,35)(H,38,39). The van der Waals surface area contributed by atoms with Crippen LogP contribution in [0.25, 0.3) is 0 Å². The highest BCUT2D eigenvalue weighted by molar-refractivity contribution is 14.1. The molecular weight excluding hydrogens is 611 g/mol. The van der Waals surface area contributed by atoms with Crippen LogP contribution in [-0.4, -0.2) is 71.0 Å². The number of carbonyl (C=O) groups is 4. The van der Waals surface area contributed by atoms with Crippen molar-refractivity contribution in [2.75, 3.05) is 13.1 Å².